The van der Waals surface area contributed by atoms with E-state index in [9.17, 15) is 4.79 Å². The maximum absolute atomic E-state index is 11.5. The van der Waals surface area contributed by atoms with Gasteiger partial charge in [-0.25, -0.2) is 15.0 Å². The summed E-state index contributed by atoms with van der Waals surface area (Å²) < 4.78 is 0. The summed E-state index contributed by atoms with van der Waals surface area (Å²) in [5.74, 6) is -0.0568. The first-order valence-electron chi connectivity index (χ1n) is 4.41. The standard InChI is InChI=1S/C9H9ClN4O/c1-14-8(15)4-7(13-9(14)10)6-2-3-11-5-12-6/h2-3,5,9H,4H2,1H3. The third-order valence-electron chi connectivity index (χ3n) is 2.17. The van der Waals surface area contributed by atoms with Crippen LogP contribution in [0.2, 0.25) is 0 Å². The molecule has 1 amide bonds. The molecule has 1 unspecified atom stereocenters. The zero-order valence-corrected chi connectivity index (χ0v) is 8.85. The SMILES string of the molecule is CN1C(=O)CC(c2ccncn2)=NC1Cl. The van der Waals surface area contributed by atoms with Crippen molar-refractivity contribution in [2.24, 2.45) is 4.99 Å². The molecular formula is C9H9ClN4O. The number of aliphatic imine (C=N–C) groups is 1. The van der Waals surface area contributed by atoms with Crippen LogP contribution < -0.4 is 0 Å². The molecule has 0 aromatic carbocycles. The van der Waals surface area contributed by atoms with E-state index in [4.69, 9.17) is 11.6 Å². The summed E-state index contributed by atoms with van der Waals surface area (Å²) in [7, 11) is 1.63. The molecule has 2 heterocycles. The minimum Gasteiger partial charge on any atom is -0.311 e. The molecule has 1 aromatic rings. The third-order valence-corrected chi connectivity index (χ3v) is 2.56. The minimum atomic E-state index is -0.642. The fourth-order valence-corrected chi connectivity index (χ4v) is 1.49. The number of aromatic nitrogens is 2. The predicted octanol–water partition coefficient (Wildman–Crippen LogP) is 0.650. The van der Waals surface area contributed by atoms with Crippen LogP contribution in [-0.4, -0.2) is 39.2 Å². The van der Waals surface area contributed by atoms with Crippen molar-refractivity contribution in [3.8, 4) is 0 Å². The molecule has 5 nitrogen and oxygen atoms in total. The highest BCUT2D eigenvalue weighted by Gasteiger charge is 2.25. The van der Waals surface area contributed by atoms with Crippen molar-refractivity contribution in [2.45, 2.75) is 12.0 Å². The second-order valence-electron chi connectivity index (χ2n) is 3.16. The monoisotopic (exact) mass is 224 g/mol. The molecule has 0 saturated carbocycles. The summed E-state index contributed by atoms with van der Waals surface area (Å²) in [5, 5.41) is 0. The van der Waals surface area contributed by atoms with Gasteiger partial charge in [0.2, 0.25) is 5.91 Å². The molecule has 0 aliphatic carbocycles. The molecule has 78 valence electrons. The highest BCUT2D eigenvalue weighted by molar-refractivity contribution is 6.24. The Morgan fingerprint density at radius 1 is 1.60 bits per heavy atom. The van der Waals surface area contributed by atoms with Gasteiger partial charge in [-0.15, -0.1) is 0 Å². The number of halogens is 1. The van der Waals surface area contributed by atoms with E-state index >= 15 is 0 Å². The Morgan fingerprint density at radius 3 is 3.00 bits per heavy atom. The van der Waals surface area contributed by atoms with Gasteiger partial charge in [-0.2, -0.15) is 0 Å². The summed E-state index contributed by atoms with van der Waals surface area (Å²) in [4.78, 5) is 24.9. The fourth-order valence-electron chi connectivity index (χ4n) is 1.27. The van der Waals surface area contributed by atoms with Crippen LogP contribution in [0.4, 0.5) is 0 Å². The quantitative estimate of drug-likeness (QED) is 0.520. The third kappa shape index (κ3) is 1.97. The van der Waals surface area contributed by atoms with Crippen molar-refractivity contribution in [3.63, 3.8) is 0 Å². The molecule has 6 heteroatoms. The van der Waals surface area contributed by atoms with Gasteiger partial charge in [0.1, 0.15) is 6.33 Å². The van der Waals surface area contributed by atoms with Crippen molar-refractivity contribution >= 4 is 23.2 Å². The highest BCUT2D eigenvalue weighted by atomic mass is 35.5. The number of alkyl halides is 1. The van der Waals surface area contributed by atoms with E-state index in [0.29, 0.717) is 11.4 Å². The second-order valence-corrected chi connectivity index (χ2v) is 3.55. The summed E-state index contributed by atoms with van der Waals surface area (Å²) in [6, 6.07) is 1.71. The first-order valence-corrected chi connectivity index (χ1v) is 4.85. The zero-order chi connectivity index (χ0) is 10.8. The molecule has 1 aromatic heterocycles. The molecule has 15 heavy (non-hydrogen) atoms. The number of carbonyl (C=O) groups excluding carboxylic acids is 1. The molecule has 0 N–H and O–H groups in total. The lowest BCUT2D eigenvalue weighted by atomic mass is 10.1. The van der Waals surface area contributed by atoms with E-state index in [0.717, 1.165) is 0 Å². The number of nitrogens with zero attached hydrogens (tertiary/aromatic N) is 4. The lowest BCUT2D eigenvalue weighted by molar-refractivity contribution is -0.129. The summed E-state index contributed by atoms with van der Waals surface area (Å²) >= 11 is 5.88. The van der Waals surface area contributed by atoms with Crippen molar-refractivity contribution in [3.05, 3.63) is 24.3 Å². The van der Waals surface area contributed by atoms with Gasteiger partial charge in [0.15, 0.2) is 5.62 Å². The molecule has 1 aliphatic rings. The average Bonchev–Trinajstić information content (AvgIpc) is 2.26. The number of hydrogen-bond acceptors (Lipinski definition) is 4. The van der Waals surface area contributed by atoms with Gasteiger partial charge < -0.3 is 4.90 Å². The van der Waals surface area contributed by atoms with Crippen LogP contribution in [0, 0.1) is 0 Å². The topological polar surface area (TPSA) is 58.5 Å². The summed E-state index contributed by atoms with van der Waals surface area (Å²) in [6.45, 7) is 0. The van der Waals surface area contributed by atoms with Crippen LogP contribution >= 0.6 is 11.6 Å². The number of carbonyl (C=O) groups is 1. The normalized spacial score (nSPS) is 21.5. The summed E-state index contributed by atoms with van der Waals surface area (Å²) in [5.41, 5.74) is 0.619. The molecule has 0 fully saturated rings. The van der Waals surface area contributed by atoms with Crippen molar-refractivity contribution in [1.82, 2.24) is 14.9 Å². The van der Waals surface area contributed by atoms with Crippen molar-refractivity contribution in [1.29, 1.82) is 0 Å². The van der Waals surface area contributed by atoms with Crippen LogP contribution in [0.1, 0.15) is 12.1 Å². The number of amides is 1. The van der Waals surface area contributed by atoms with Crippen molar-refractivity contribution < 1.29 is 4.79 Å². The molecule has 0 bridgehead atoms. The average molecular weight is 225 g/mol. The molecule has 1 atom stereocenters. The number of rotatable bonds is 1. The Bertz CT molecular complexity index is 406. The van der Waals surface area contributed by atoms with Crippen LogP contribution in [0.3, 0.4) is 0 Å². The largest absolute Gasteiger partial charge is 0.311 e. The Labute approximate surface area is 91.8 Å². The van der Waals surface area contributed by atoms with E-state index in [1.807, 2.05) is 0 Å². The van der Waals surface area contributed by atoms with Crippen LogP contribution in [0.25, 0.3) is 0 Å². The summed E-state index contributed by atoms with van der Waals surface area (Å²) in [6.07, 6.45) is 3.26. The van der Waals surface area contributed by atoms with Gasteiger partial charge in [0.25, 0.3) is 0 Å². The van der Waals surface area contributed by atoms with Gasteiger partial charge in [-0.05, 0) is 6.07 Å². The molecule has 2 rings (SSSR count). The van der Waals surface area contributed by atoms with E-state index in [2.05, 4.69) is 15.0 Å². The smallest absolute Gasteiger partial charge is 0.231 e. The Morgan fingerprint density at radius 2 is 2.40 bits per heavy atom. The van der Waals surface area contributed by atoms with Crippen molar-refractivity contribution in [2.75, 3.05) is 7.05 Å². The van der Waals surface area contributed by atoms with Gasteiger partial charge in [-0.3, -0.25) is 4.79 Å². The lowest BCUT2D eigenvalue weighted by Crippen LogP contribution is -2.38. The predicted molar refractivity (Wildman–Crippen MR) is 55.6 cm³/mol. The van der Waals surface area contributed by atoms with Crippen LogP contribution in [-0.2, 0) is 4.79 Å². The molecular weight excluding hydrogens is 216 g/mol. The minimum absolute atomic E-state index is 0.0568. The Balaban J connectivity index is 2.32. The highest BCUT2D eigenvalue weighted by Crippen LogP contribution is 2.16. The first-order chi connectivity index (χ1) is 7.18. The molecule has 0 saturated heterocycles. The van der Waals surface area contributed by atoms with Gasteiger partial charge >= 0.3 is 0 Å². The van der Waals surface area contributed by atoms with E-state index in [1.54, 1.807) is 19.3 Å². The maximum Gasteiger partial charge on any atom is 0.231 e. The number of hydrogen-bond donors (Lipinski definition) is 0. The molecule has 1 aliphatic heterocycles. The van der Waals surface area contributed by atoms with Crippen LogP contribution in [0.5, 0.6) is 0 Å². The maximum atomic E-state index is 11.5. The Hall–Kier alpha value is -1.49. The lowest BCUT2D eigenvalue weighted by Gasteiger charge is -2.25. The fraction of sp³-hybridized carbons (Fsp3) is 0.333. The van der Waals surface area contributed by atoms with E-state index in [-0.39, 0.29) is 12.3 Å². The van der Waals surface area contributed by atoms with Crippen LogP contribution in [0.15, 0.2) is 23.6 Å². The van der Waals surface area contributed by atoms with Gasteiger partial charge in [0, 0.05) is 13.2 Å². The molecule has 0 radical (unpaired) electrons. The zero-order valence-electron chi connectivity index (χ0n) is 8.09. The second kappa shape index (κ2) is 3.94. The van der Waals surface area contributed by atoms with E-state index in [1.165, 1.54) is 11.2 Å². The first kappa shape index (κ1) is 10.0. The van der Waals surface area contributed by atoms with Gasteiger partial charge in [0.05, 0.1) is 17.8 Å². The Kier molecular flexibility index (Phi) is 2.64. The van der Waals surface area contributed by atoms with Gasteiger partial charge in [-0.1, -0.05) is 11.6 Å². The van der Waals surface area contributed by atoms with E-state index < -0.39 is 5.62 Å². The molecule has 0 spiro atoms.